The van der Waals surface area contributed by atoms with Crippen LogP contribution < -0.4 is 0 Å². The molecule has 0 aliphatic rings. The molecule has 0 aromatic carbocycles. The van der Waals surface area contributed by atoms with E-state index in [0.717, 1.165) is 0 Å². The summed E-state index contributed by atoms with van der Waals surface area (Å²) in [5.41, 5.74) is 0.986. The maximum absolute atomic E-state index is 8.72. The Morgan fingerprint density at radius 2 is 2.60 bits per heavy atom. The summed E-state index contributed by atoms with van der Waals surface area (Å²) < 4.78 is 1.49. The van der Waals surface area contributed by atoms with Crippen molar-refractivity contribution in [2.45, 2.75) is 6.61 Å². The van der Waals surface area contributed by atoms with Gasteiger partial charge in [-0.15, -0.1) is 0 Å². The topological polar surface area (TPSA) is 42.4 Å². The summed E-state index contributed by atoms with van der Waals surface area (Å²) in [5.74, 6) is 0. The molecule has 0 bridgehead atoms. The maximum Gasteiger partial charge on any atom is 0.229 e. The van der Waals surface area contributed by atoms with Crippen LogP contribution in [0.2, 0.25) is 0 Å². The first kappa shape index (κ1) is 6.78. The molecular formula is C6H7N3O. The van der Waals surface area contributed by atoms with Gasteiger partial charge in [-0.1, -0.05) is 0 Å². The summed E-state index contributed by atoms with van der Waals surface area (Å²) in [4.78, 5) is 3.17. The van der Waals surface area contributed by atoms with Gasteiger partial charge in [0.15, 0.2) is 0 Å². The highest BCUT2D eigenvalue weighted by Gasteiger charge is 2.04. The van der Waals surface area contributed by atoms with E-state index in [1.54, 1.807) is 7.05 Å². The third-order valence-corrected chi connectivity index (χ3v) is 1.31. The fraction of sp³-hybridized carbons (Fsp3) is 0.333. The zero-order valence-electron chi connectivity index (χ0n) is 5.57. The number of nitrogens with zero attached hydrogens (tertiary/aromatic N) is 3. The highest BCUT2D eigenvalue weighted by molar-refractivity contribution is 5.46. The van der Waals surface area contributed by atoms with Crippen LogP contribution in [-0.4, -0.2) is 14.9 Å². The van der Waals surface area contributed by atoms with Gasteiger partial charge >= 0.3 is 0 Å². The smallest absolute Gasteiger partial charge is 0.229 e. The van der Waals surface area contributed by atoms with Crippen molar-refractivity contribution < 1.29 is 5.11 Å². The average molecular weight is 137 g/mol. The number of rotatable bonds is 1. The molecule has 0 aliphatic carbocycles. The summed E-state index contributed by atoms with van der Waals surface area (Å²) in [6.45, 7) is 6.53. The number of aryl methyl sites for hydroxylation is 1. The van der Waals surface area contributed by atoms with Gasteiger partial charge in [-0.25, -0.2) is 4.85 Å². The quantitative estimate of drug-likeness (QED) is 0.571. The summed E-state index contributed by atoms with van der Waals surface area (Å²) in [6, 6.07) is 0. The molecule has 0 unspecified atom stereocenters. The number of aliphatic hydroxyl groups excluding tert-OH is 1. The Morgan fingerprint density at radius 3 is 3.00 bits per heavy atom. The Balaban J connectivity index is 3.16. The molecule has 4 heteroatoms. The molecular weight excluding hydrogens is 130 g/mol. The molecule has 0 saturated heterocycles. The van der Waals surface area contributed by atoms with E-state index in [0.29, 0.717) is 11.4 Å². The molecule has 1 N–H and O–H groups in total. The van der Waals surface area contributed by atoms with Crippen molar-refractivity contribution >= 4 is 5.69 Å². The summed E-state index contributed by atoms with van der Waals surface area (Å²) in [6.07, 6.45) is 1.44. The average Bonchev–Trinajstić information content (AvgIpc) is 2.30. The monoisotopic (exact) mass is 137 g/mol. The molecule has 0 aliphatic heterocycles. The van der Waals surface area contributed by atoms with Gasteiger partial charge in [0.1, 0.15) is 0 Å². The summed E-state index contributed by atoms with van der Waals surface area (Å²) in [7, 11) is 1.69. The fourth-order valence-corrected chi connectivity index (χ4v) is 0.728. The fourth-order valence-electron chi connectivity index (χ4n) is 0.728. The molecule has 0 atom stereocenters. The minimum absolute atomic E-state index is 0.131. The van der Waals surface area contributed by atoms with Crippen LogP contribution in [-0.2, 0) is 13.7 Å². The molecule has 1 heterocycles. The second-order valence-electron chi connectivity index (χ2n) is 1.87. The predicted molar refractivity (Wildman–Crippen MR) is 35.4 cm³/mol. The molecule has 1 rings (SSSR count). The molecule has 10 heavy (non-hydrogen) atoms. The van der Waals surface area contributed by atoms with Crippen molar-refractivity contribution in [1.29, 1.82) is 0 Å². The Labute approximate surface area is 58.5 Å². The Kier molecular flexibility index (Phi) is 1.69. The largest absolute Gasteiger partial charge is 0.391 e. The van der Waals surface area contributed by atoms with Crippen LogP contribution in [0.1, 0.15) is 5.69 Å². The molecule has 0 radical (unpaired) electrons. The van der Waals surface area contributed by atoms with Gasteiger partial charge in [-0.3, -0.25) is 4.68 Å². The van der Waals surface area contributed by atoms with E-state index in [1.165, 1.54) is 10.9 Å². The van der Waals surface area contributed by atoms with Crippen LogP contribution in [0.3, 0.4) is 0 Å². The first-order valence-corrected chi connectivity index (χ1v) is 2.78. The molecule has 1 aromatic rings. The van der Waals surface area contributed by atoms with E-state index in [2.05, 4.69) is 9.94 Å². The van der Waals surface area contributed by atoms with E-state index < -0.39 is 0 Å². The highest BCUT2D eigenvalue weighted by Crippen LogP contribution is 2.16. The second kappa shape index (κ2) is 2.50. The first-order valence-electron chi connectivity index (χ1n) is 2.78. The van der Waals surface area contributed by atoms with Gasteiger partial charge < -0.3 is 5.11 Å². The Morgan fingerprint density at radius 1 is 1.90 bits per heavy atom. The van der Waals surface area contributed by atoms with Gasteiger partial charge in [-0.05, 0) is 0 Å². The molecule has 0 fully saturated rings. The minimum Gasteiger partial charge on any atom is -0.391 e. The van der Waals surface area contributed by atoms with Crippen LogP contribution >= 0.6 is 0 Å². The zero-order valence-corrected chi connectivity index (χ0v) is 5.57. The summed E-state index contributed by atoms with van der Waals surface area (Å²) >= 11 is 0. The lowest BCUT2D eigenvalue weighted by atomic mass is 10.4. The number of hydrogen-bond acceptors (Lipinski definition) is 2. The number of aromatic nitrogens is 2. The third kappa shape index (κ3) is 0.870. The van der Waals surface area contributed by atoms with Crippen LogP contribution in [0.15, 0.2) is 6.20 Å². The van der Waals surface area contributed by atoms with Crippen LogP contribution in [0.4, 0.5) is 5.69 Å². The van der Waals surface area contributed by atoms with Crippen molar-refractivity contribution in [3.05, 3.63) is 23.3 Å². The number of hydrogen-bond donors (Lipinski definition) is 1. The lowest BCUT2D eigenvalue weighted by Gasteiger charge is -1.95. The molecule has 1 aromatic heterocycles. The van der Waals surface area contributed by atoms with E-state index in [4.69, 9.17) is 11.7 Å². The molecule has 4 nitrogen and oxygen atoms in total. The van der Waals surface area contributed by atoms with Gasteiger partial charge in [0.2, 0.25) is 5.69 Å². The van der Waals surface area contributed by atoms with E-state index >= 15 is 0 Å². The van der Waals surface area contributed by atoms with Crippen molar-refractivity contribution in [2.75, 3.05) is 0 Å². The lowest BCUT2D eigenvalue weighted by Crippen LogP contribution is -1.96. The van der Waals surface area contributed by atoms with Crippen LogP contribution in [0, 0.1) is 6.57 Å². The summed E-state index contributed by atoms with van der Waals surface area (Å²) in [5, 5.41) is 12.5. The first-order chi connectivity index (χ1) is 4.79. The molecule has 52 valence electrons. The lowest BCUT2D eigenvalue weighted by molar-refractivity contribution is 0.271. The van der Waals surface area contributed by atoms with E-state index in [9.17, 15) is 0 Å². The normalized spacial score (nSPS) is 9.30. The van der Waals surface area contributed by atoms with E-state index in [1.807, 2.05) is 0 Å². The molecule has 0 saturated carbocycles. The van der Waals surface area contributed by atoms with Gasteiger partial charge in [-0.2, -0.15) is 5.10 Å². The van der Waals surface area contributed by atoms with Crippen molar-refractivity contribution in [3.8, 4) is 0 Å². The predicted octanol–water partition coefficient (Wildman–Crippen LogP) is 0.463. The van der Waals surface area contributed by atoms with Crippen molar-refractivity contribution in [2.24, 2.45) is 7.05 Å². The Hall–Kier alpha value is -1.34. The van der Waals surface area contributed by atoms with Crippen LogP contribution in [0.5, 0.6) is 0 Å². The van der Waals surface area contributed by atoms with Crippen LogP contribution in [0.25, 0.3) is 4.85 Å². The SMILES string of the molecule is [C-]#[N+]c1cnn(C)c1CO. The van der Waals surface area contributed by atoms with Gasteiger partial charge in [0.25, 0.3) is 0 Å². The Bertz CT molecular complexity index is 271. The standard InChI is InChI=1S/C6H7N3O/c1-7-5-3-8-9(2)6(5)4-10/h3,10H,4H2,2H3. The zero-order chi connectivity index (χ0) is 7.56. The minimum atomic E-state index is -0.131. The second-order valence-corrected chi connectivity index (χ2v) is 1.87. The highest BCUT2D eigenvalue weighted by atomic mass is 16.3. The van der Waals surface area contributed by atoms with Crippen molar-refractivity contribution in [3.63, 3.8) is 0 Å². The maximum atomic E-state index is 8.72. The third-order valence-electron chi connectivity index (χ3n) is 1.31. The van der Waals surface area contributed by atoms with E-state index in [-0.39, 0.29) is 6.61 Å². The molecule has 0 amide bonds. The number of aliphatic hydroxyl groups is 1. The van der Waals surface area contributed by atoms with Crippen molar-refractivity contribution in [1.82, 2.24) is 9.78 Å². The van der Waals surface area contributed by atoms with Gasteiger partial charge in [0, 0.05) is 7.05 Å². The molecule has 0 spiro atoms. The van der Waals surface area contributed by atoms with Gasteiger partial charge in [0.05, 0.1) is 25.1 Å².